The second-order valence-corrected chi connectivity index (χ2v) is 10.9. The lowest BCUT2D eigenvalue weighted by atomic mass is 9.44. The Bertz CT molecular complexity index is 749. The summed E-state index contributed by atoms with van der Waals surface area (Å²) in [7, 11) is -5.70. The molecule has 4 saturated carbocycles. The summed E-state index contributed by atoms with van der Waals surface area (Å²) in [6, 6.07) is 0. The highest BCUT2D eigenvalue weighted by Crippen LogP contribution is 2.65. The van der Waals surface area contributed by atoms with Crippen molar-refractivity contribution in [3.05, 3.63) is 0 Å². The quantitative estimate of drug-likeness (QED) is 0.407. The molecule has 0 heterocycles. The van der Waals surface area contributed by atoms with Crippen LogP contribution in [0.5, 0.6) is 0 Å². The van der Waals surface area contributed by atoms with E-state index in [2.05, 4.69) is 4.74 Å². The van der Waals surface area contributed by atoms with Crippen molar-refractivity contribution < 1.29 is 41.1 Å². The molecule has 0 spiro atoms. The number of alkyl halides is 2. The zero-order valence-electron chi connectivity index (χ0n) is 17.6. The Morgan fingerprint density at radius 1 is 1.17 bits per heavy atom. The number of aliphatic hydroxyl groups is 1. The van der Waals surface area contributed by atoms with Crippen molar-refractivity contribution in [3.8, 4) is 0 Å². The van der Waals surface area contributed by atoms with E-state index < -0.39 is 39.7 Å². The summed E-state index contributed by atoms with van der Waals surface area (Å²) in [5.41, 5.74) is -0.858. The Hall–Kier alpha value is -0.840. The summed E-state index contributed by atoms with van der Waals surface area (Å²) in [5.74, 6) is -0.212. The van der Waals surface area contributed by atoms with Crippen LogP contribution < -0.4 is 0 Å². The van der Waals surface area contributed by atoms with Gasteiger partial charge >= 0.3 is 21.3 Å². The first kappa shape index (κ1) is 23.8. The molecule has 4 aliphatic carbocycles. The Labute approximate surface area is 176 Å². The third-order valence-electron chi connectivity index (χ3n) is 7.86. The van der Waals surface area contributed by atoms with Crippen molar-refractivity contribution in [1.29, 1.82) is 0 Å². The molecule has 4 rings (SSSR count). The van der Waals surface area contributed by atoms with Gasteiger partial charge in [-0.05, 0) is 69.6 Å². The molecule has 174 valence electrons. The molecule has 0 amide bonds. The van der Waals surface area contributed by atoms with E-state index >= 15 is 0 Å². The van der Waals surface area contributed by atoms with E-state index in [-0.39, 0.29) is 23.4 Å². The molecule has 0 aromatic rings. The fourth-order valence-electron chi connectivity index (χ4n) is 6.49. The number of hydrogen-bond acceptors (Lipinski definition) is 6. The van der Waals surface area contributed by atoms with Gasteiger partial charge in [-0.2, -0.15) is 17.2 Å². The fourth-order valence-corrected chi connectivity index (χ4v) is 6.96. The zero-order chi connectivity index (χ0) is 22.5. The molecule has 4 fully saturated rings. The van der Waals surface area contributed by atoms with Gasteiger partial charge in [-0.3, -0.25) is 4.55 Å². The average Bonchev–Trinajstić information content (AvgIpc) is 2.65. The van der Waals surface area contributed by atoms with Crippen LogP contribution in [0, 0.1) is 23.2 Å². The molecule has 0 aromatic carbocycles. The van der Waals surface area contributed by atoms with Crippen molar-refractivity contribution in [1.82, 2.24) is 0 Å². The van der Waals surface area contributed by atoms with Gasteiger partial charge in [0, 0.05) is 5.41 Å². The second kappa shape index (κ2) is 7.94. The molecule has 30 heavy (non-hydrogen) atoms. The van der Waals surface area contributed by atoms with Crippen LogP contribution >= 0.6 is 0 Å². The number of esters is 1. The summed E-state index contributed by atoms with van der Waals surface area (Å²) < 4.78 is 67.6. The molecule has 4 aliphatic rings. The van der Waals surface area contributed by atoms with Crippen LogP contribution in [0.1, 0.15) is 65.7 Å². The molecule has 0 aliphatic heterocycles. The topological polar surface area (TPSA) is 110 Å². The maximum absolute atomic E-state index is 13.6. The van der Waals surface area contributed by atoms with E-state index in [1.54, 1.807) is 0 Å². The first-order valence-corrected chi connectivity index (χ1v) is 12.1. The minimum absolute atomic E-state index is 0.139. The number of carbonyl (C=O) groups excluding carboxylic acids is 1. The maximum Gasteiger partial charge on any atom is 0.405 e. The Morgan fingerprint density at radius 2 is 1.70 bits per heavy atom. The van der Waals surface area contributed by atoms with Crippen molar-refractivity contribution in [2.45, 2.75) is 88.8 Å². The lowest BCUT2D eigenvalue weighted by molar-refractivity contribution is -0.225. The average molecular weight is 455 g/mol. The van der Waals surface area contributed by atoms with Gasteiger partial charge < -0.3 is 14.6 Å². The first-order valence-electron chi connectivity index (χ1n) is 10.7. The van der Waals surface area contributed by atoms with Gasteiger partial charge in [0.15, 0.2) is 6.10 Å². The van der Waals surface area contributed by atoms with Crippen LogP contribution in [0.4, 0.5) is 8.78 Å². The predicted molar refractivity (Wildman–Crippen MR) is 103 cm³/mol. The molecule has 3 atom stereocenters. The van der Waals surface area contributed by atoms with Crippen molar-refractivity contribution in [2.75, 3.05) is 6.61 Å². The number of ether oxygens (including phenoxy) is 2. The van der Waals surface area contributed by atoms with Crippen LogP contribution in [0.25, 0.3) is 0 Å². The summed E-state index contributed by atoms with van der Waals surface area (Å²) in [5, 5.41) is 6.69. The van der Waals surface area contributed by atoms with Crippen LogP contribution in [-0.4, -0.2) is 53.7 Å². The number of halogens is 2. The van der Waals surface area contributed by atoms with Gasteiger partial charge in [0.25, 0.3) is 0 Å². The molecule has 0 radical (unpaired) electrons. The van der Waals surface area contributed by atoms with Gasteiger partial charge in [0.1, 0.15) is 6.61 Å². The van der Waals surface area contributed by atoms with E-state index in [0.717, 1.165) is 32.1 Å². The van der Waals surface area contributed by atoms with Crippen LogP contribution in [0.3, 0.4) is 0 Å². The van der Waals surface area contributed by atoms with Crippen LogP contribution in [0.15, 0.2) is 0 Å². The van der Waals surface area contributed by atoms with E-state index in [1.807, 2.05) is 13.8 Å². The lowest BCUT2D eigenvalue weighted by Gasteiger charge is -2.64. The number of rotatable bonds is 9. The van der Waals surface area contributed by atoms with Crippen LogP contribution in [0.2, 0.25) is 0 Å². The van der Waals surface area contributed by atoms with Crippen molar-refractivity contribution in [3.63, 3.8) is 0 Å². The SMILES string of the molecule is CCC(O)(CC)C12CC3CC(C1)C(OCC(=O)OC(C)C(F)(F)S(=O)(=O)O)C(C3)C2. The van der Waals surface area contributed by atoms with Crippen LogP contribution in [-0.2, 0) is 24.4 Å². The highest BCUT2D eigenvalue weighted by atomic mass is 32.2. The molecule has 4 bridgehead atoms. The Morgan fingerprint density at radius 3 is 2.17 bits per heavy atom. The normalized spacial score (nSPS) is 34.8. The summed E-state index contributed by atoms with van der Waals surface area (Å²) in [4.78, 5) is 12.0. The largest absolute Gasteiger partial charge is 0.453 e. The molecular formula is C20H32F2O7S. The van der Waals surface area contributed by atoms with E-state index in [1.165, 1.54) is 0 Å². The molecular weight excluding hydrogens is 422 g/mol. The summed E-state index contributed by atoms with van der Waals surface area (Å²) in [6.45, 7) is 4.16. The van der Waals surface area contributed by atoms with E-state index in [4.69, 9.17) is 9.29 Å². The van der Waals surface area contributed by atoms with Gasteiger partial charge in [-0.25, -0.2) is 4.79 Å². The van der Waals surface area contributed by atoms with Crippen molar-refractivity contribution >= 4 is 16.1 Å². The fraction of sp³-hybridized carbons (Fsp3) is 0.950. The third-order valence-corrected chi connectivity index (χ3v) is 8.88. The monoisotopic (exact) mass is 454 g/mol. The predicted octanol–water partition coefficient (Wildman–Crippen LogP) is 3.16. The highest BCUT2D eigenvalue weighted by Gasteiger charge is 2.62. The number of carbonyl (C=O) groups is 1. The third kappa shape index (κ3) is 3.89. The first-order chi connectivity index (χ1) is 13.8. The van der Waals surface area contributed by atoms with Crippen molar-refractivity contribution in [2.24, 2.45) is 23.2 Å². The molecule has 2 N–H and O–H groups in total. The summed E-state index contributed by atoms with van der Waals surface area (Å²) >= 11 is 0. The molecule has 7 nitrogen and oxygen atoms in total. The molecule has 10 heteroatoms. The van der Waals surface area contributed by atoms with E-state index in [0.29, 0.717) is 25.7 Å². The highest BCUT2D eigenvalue weighted by molar-refractivity contribution is 7.86. The minimum Gasteiger partial charge on any atom is -0.453 e. The molecule has 0 saturated heterocycles. The van der Waals surface area contributed by atoms with Gasteiger partial charge in [0.2, 0.25) is 0 Å². The zero-order valence-corrected chi connectivity index (χ0v) is 18.5. The Balaban J connectivity index is 1.62. The minimum atomic E-state index is -5.70. The van der Waals surface area contributed by atoms with Gasteiger partial charge in [-0.15, -0.1) is 0 Å². The van der Waals surface area contributed by atoms with Gasteiger partial charge in [0.05, 0.1) is 11.7 Å². The van der Waals surface area contributed by atoms with E-state index in [9.17, 15) is 27.1 Å². The molecule has 0 aromatic heterocycles. The second-order valence-electron chi connectivity index (χ2n) is 9.43. The molecule has 3 unspecified atom stereocenters. The standard InChI is InChI=1S/C20H32F2O7S/c1-4-19(24,5-2)18-8-13-6-14(9-18)17(15(7-13)10-18)28-11-16(23)29-12(3)20(21,22)30(25,26)27/h12-15,17,24H,4-11H2,1-3H3,(H,25,26,27). The maximum atomic E-state index is 13.6. The number of hydrogen-bond donors (Lipinski definition) is 2. The Kier molecular flexibility index (Phi) is 6.30. The lowest BCUT2D eigenvalue weighted by Crippen LogP contribution is -2.62. The summed E-state index contributed by atoms with van der Waals surface area (Å²) in [6.07, 6.45) is 3.38. The smallest absolute Gasteiger partial charge is 0.405 e. The van der Waals surface area contributed by atoms with Gasteiger partial charge in [-0.1, -0.05) is 13.8 Å².